The molecule has 16 heavy (non-hydrogen) atoms. The second-order valence-corrected chi connectivity index (χ2v) is 3.27. The molecule has 0 heterocycles. The molecule has 1 aromatic rings. The molecule has 0 fully saturated rings. The maximum atomic E-state index is 13.1. The van der Waals surface area contributed by atoms with Crippen molar-refractivity contribution < 1.29 is 27.1 Å². The van der Waals surface area contributed by atoms with Crippen LogP contribution in [-0.2, 0) is 0 Å². The van der Waals surface area contributed by atoms with Gasteiger partial charge in [0, 0.05) is 11.6 Å². The minimum Gasteiger partial charge on any atom is -0.403 e. The molecule has 0 amide bonds. The van der Waals surface area contributed by atoms with Crippen LogP contribution in [0, 0.1) is 5.82 Å². The van der Waals surface area contributed by atoms with Gasteiger partial charge in [0.2, 0.25) is 0 Å². The Morgan fingerprint density at radius 1 is 1.38 bits per heavy atom. The van der Waals surface area contributed by atoms with Crippen LogP contribution in [0.3, 0.4) is 0 Å². The smallest absolute Gasteiger partial charge is 0.403 e. The molecule has 0 atom stereocenters. The van der Waals surface area contributed by atoms with E-state index in [1.54, 1.807) is 0 Å². The van der Waals surface area contributed by atoms with Crippen molar-refractivity contribution in [2.45, 2.75) is 13.3 Å². The highest BCUT2D eigenvalue weighted by Crippen LogP contribution is 2.30. The number of alkyl halides is 3. The number of Topliss-reactive ketones (excluding diaryl/α,β-unsaturated/α-hetero) is 1. The van der Waals surface area contributed by atoms with Crippen LogP contribution >= 0.6 is 11.6 Å². The van der Waals surface area contributed by atoms with Crippen LogP contribution in [0.25, 0.3) is 0 Å². The first kappa shape index (κ1) is 12.8. The summed E-state index contributed by atoms with van der Waals surface area (Å²) in [7, 11) is 0. The van der Waals surface area contributed by atoms with Gasteiger partial charge in [-0.2, -0.15) is 0 Å². The standard InChI is InChI=1S/C9H5ClF4O2/c1-4(15)5-2-7(11)8(3-6(5)10)16-9(12,13)14/h2-3H,1H3. The van der Waals surface area contributed by atoms with Crippen LogP contribution in [0.5, 0.6) is 5.75 Å². The third-order valence-electron chi connectivity index (χ3n) is 1.63. The number of carbonyl (C=O) groups is 1. The van der Waals surface area contributed by atoms with E-state index in [2.05, 4.69) is 4.74 Å². The Hall–Kier alpha value is -1.30. The van der Waals surface area contributed by atoms with E-state index < -0.39 is 23.7 Å². The summed E-state index contributed by atoms with van der Waals surface area (Å²) in [6.45, 7) is 1.12. The lowest BCUT2D eigenvalue weighted by Gasteiger charge is -2.11. The molecule has 0 N–H and O–H groups in total. The first-order valence-corrected chi connectivity index (χ1v) is 4.34. The first-order chi connectivity index (χ1) is 7.20. The van der Waals surface area contributed by atoms with Crippen molar-refractivity contribution in [1.82, 2.24) is 0 Å². The van der Waals surface area contributed by atoms with Gasteiger partial charge in [-0.3, -0.25) is 4.79 Å². The Morgan fingerprint density at radius 2 is 1.94 bits per heavy atom. The normalized spacial score (nSPS) is 11.4. The van der Waals surface area contributed by atoms with Crippen LogP contribution in [0.1, 0.15) is 17.3 Å². The third kappa shape index (κ3) is 3.10. The summed E-state index contributed by atoms with van der Waals surface area (Å²) in [5, 5.41) is -0.298. The lowest BCUT2D eigenvalue weighted by Crippen LogP contribution is -2.18. The Morgan fingerprint density at radius 3 is 2.38 bits per heavy atom. The molecule has 0 saturated carbocycles. The number of hydrogen-bond donors (Lipinski definition) is 0. The minimum atomic E-state index is -5.01. The second kappa shape index (κ2) is 4.29. The summed E-state index contributed by atoms with van der Waals surface area (Å²) in [6.07, 6.45) is -5.01. The highest BCUT2D eigenvalue weighted by molar-refractivity contribution is 6.34. The van der Waals surface area contributed by atoms with E-state index in [0.717, 1.165) is 6.92 Å². The highest BCUT2D eigenvalue weighted by Gasteiger charge is 2.32. The van der Waals surface area contributed by atoms with E-state index in [9.17, 15) is 22.4 Å². The lowest BCUT2D eigenvalue weighted by atomic mass is 10.1. The quantitative estimate of drug-likeness (QED) is 0.597. The topological polar surface area (TPSA) is 26.3 Å². The fraction of sp³-hybridized carbons (Fsp3) is 0.222. The number of benzene rings is 1. The summed E-state index contributed by atoms with van der Waals surface area (Å²) in [4.78, 5) is 10.9. The summed E-state index contributed by atoms with van der Waals surface area (Å²) >= 11 is 5.49. The van der Waals surface area contributed by atoms with Gasteiger partial charge in [-0.15, -0.1) is 13.2 Å². The van der Waals surface area contributed by atoms with Crippen LogP contribution in [0.2, 0.25) is 5.02 Å². The van der Waals surface area contributed by atoms with Crippen molar-refractivity contribution >= 4 is 17.4 Å². The van der Waals surface area contributed by atoms with Gasteiger partial charge in [0.15, 0.2) is 17.3 Å². The molecule has 0 aromatic heterocycles. The van der Waals surface area contributed by atoms with Crippen molar-refractivity contribution in [2.24, 2.45) is 0 Å². The molecule has 88 valence electrons. The van der Waals surface area contributed by atoms with Gasteiger partial charge in [-0.1, -0.05) is 11.6 Å². The first-order valence-electron chi connectivity index (χ1n) is 3.96. The molecule has 0 aliphatic rings. The number of carbonyl (C=O) groups excluding carboxylic acids is 1. The second-order valence-electron chi connectivity index (χ2n) is 2.87. The van der Waals surface area contributed by atoms with Crippen molar-refractivity contribution in [3.63, 3.8) is 0 Å². The molecular weight excluding hydrogens is 252 g/mol. The summed E-state index contributed by atoms with van der Waals surface area (Å²) < 4.78 is 51.9. The number of ketones is 1. The molecule has 7 heteroatoms. The van der Waals surface area contributed by atoms with Gasteiger partial charge in [0.25, 0.3) is 0 Å². The van der Waals surface area contributed by atoms with Crippen molar-refractivity contribution in [3.8, 4) is 5.75 Å². The zero-order valence-electron chi connectivity index (χ0n) is 7.86. The Labute approximate surface area is 92.8 Å². The molecular formula is C9H5ClF4O2. The maximum Gasteiger partial charge on any atom is 0.573 e. The fourth-order valence-corrected chi connectivity index (χ4v) is 1.29. The fourth-order valence-electron chi connectivity index (χ4n) is 1.00. The van der Waals surface area contributed by atoms with Crippen molar-refractivity contribution in [3.05, 3.63) is 28.5 Å². The monoisotopic (exact) mass is 256 g/mol. The zero-order chi connectivity index (χ0) is 12.5. The third-order valence-corrected chi connectivity index (χ3v) is 1.94. The Bertz CT molecular complexity index is 428. The Balaban J connectivity index is 3.16. The average molecular weight is 257 g/mol. The van der Waals surface area contributed by atoms with Gasteiger partial charge >= 0.3 is 6.36 Å². The van der Waals surface area contributed by atoms with Gasteiger partial charge in [-0.25, -0.2) is 4.39 Å². The Kier molecular flexibility index (Phi) is 3.42. The molecule has 0 radical (unpaired) electrons. The van der Waals surface area contributed by atoms with Crippen LogP contribution in [0.4, 0.5) is 17.6 Å². The van der Waals surface area contributed by atoms with Crippen LogP contribution < -0.4 is 4.74 Å². The molecule has 0 saturated heterocycles. The van der Waals surface area contributed by atoms with Gasteiger partial charge < -0.3 is 4.74 Å². The van der Waals surface area contributed by atoms with Crippen LogP contribution in [-0.4, -0.2) is 12.1 Å². The van der Waals surface area contributed by atoms with Crippen molar-refractivity contribution in [2.75, 3.05) is 0 Å². The molecule has 1 aromatic carbocycles. The molecule has 0 aliphatic heterocycles. The summed E-state index contributed by atoms with van der Waals surface area (Å²) in [5.74, 6) is -2.92. The number of halogens is 5. The summed E-state index contributed by atoms with van der Waals surface area (Å²) in [5.41, 5.74) is -0.200. The lowest BCUT2D eigenvalue weighted by molar-refractivity contribution is -0.275. The predicted molar refractivity (Wildman–Crippen MR) is 48.1 cm³/mol. The van der Waals surface area contributed by atoms with Gasteiger partial charge in [0.05, 0.1) is 5.02 Å². The molecule has 0 aliphatic carbocycles. The van der Waals surface area contributed by atoms with E-state index >= 15 is 0 Å². The average Bonchev–Trinajstić information content (AvgIpc) is 2.07. The van der Waals surface area contributed by atoms with E-state index in [-0.39, 0.29) is 10.6 Å². The molecule has 1 rings (SSSR count). The number of hydrogen-bond acceptors (Lipinski definition) is 2. The number of rotatable bonds is 2. The molecule has 0 bridgehead atoms. The van der Waals surface area contributed by atoms with Crippen LogP contribution in [0.15, 0.2) is 12.1 Å². The predicted octanol–water partition coefficient (Wildman–Crippen LogP) is 3.58. The molecule has 2 nitrogen and oxygen atoms in total. The number of ether oxygens (including phenoxy) is 1. The SMILES string of the molecule is CC(=O)c1cc(F)c(OC(F)(F)F)cc1Cl. The minimum absolute atomic E-state index is 0.200. The molecule has 0 spiro atoms. The van der Waals surface area contributed by atoms with Crippen molar-refractivity contribution in [1.29, 1.82) is 0 Å². The molecule has 0 unspecified atom stereocenters. The maximum absolute atomic E-state index is 13.1. The van der Waals surface area contributed by atoms with E-state index in [4.69, 9.17) is 11.6 Å². The van der Waals surface area contributed by atoms with E-state index in [1.165, 1.54) is 0 Å². The van der Waals surface area contributed by atoms with Gasteiger partial charge in [-0.05, 0) is 13.0 Å². The zero-order valence-corrected chi connectivity index (χ0v) is 8.62. The van der Waals surface area contributed by atoms with Gasteiger partial charge in [0.1, 0.15) is 0 Å². The summed E-state index contributed by atoms with van der Waals surface area (Å²) in [6, 6.07) is 1.22. The van der Waals surface area contributed by atoms with E-state index in [1.807, 2.05) is 0 Å². The highest BCUT2D eigenvalue weighted by atomic mass is 35.5. The van der Waals surface area contributed by atoms with E-state index in [0.29, 0.717) is 12.1 Å². The largest absolute Gasteiger partial charge is 0.573 e.